The van der Waals surface area contributed by atoms with Crippen LogP contribution < -0.4 is 10.2 Å². The lowest BCUT2D eigenvalue weighted by molar-refractivity contribution is 0.628. The van der Waals surface area contributed by atoms with E-state index in [1.165, 1.54) is 23.3 Å². The molecule has 2 aromatic carbocycles. The molecule has 0 spiro atoms. The highest BCUT2D eigenvalue weighted by Crippen LogP contribution is 2.25. The highest BCUT2D eigenvalue weighted by Gasteiger charge is 2.18. The molecular formula is C20H19FN4. The number of hydrogen-bond acceptors (Lipinski definition) is 4. The summed E-state index contributed by atoms with van der Waals surface area (Å²) in [6.45, 7) is 3.71. The van der Waals surface area contributed by atoms with Crippen LogP contribution in [0.25, 0.3) is 0 Å². The fraction of sp³-hybridized carbons (Fsp3) is 0.200. The first-order valence-corrected chi connectivity index (χ1v) is 8.37. The second-order valence-electron chi connectivity index (χ2n) is 6.27. The fourth-order valence-electron chi connectivity index (χ4n) is 3.16. The van der Waals surface area contributed by atoms with E-state index in [0.29, 0.717) is 11.6 Å². The third kappa shape index (κ3) is 3.45. The molecule has 4 rings (SSSR count). The van der Waals surface area contributed by atoms with Gasteiger partial charge in [-0.15, -0.1) is 0 Å². The van der Waals surface area contributed by atoms with Gasteiger partial charge in [0, 0.05) is 30.5 Å². The molecule has 1 aromatic heterocycles. The normalized spacial score (nSPS) is 13.4. The van der Waals surface area contributed by atoms with Crippen molar-refractivity contribution in [3.05, 3.63) is 77.2 Å². The molecule has 25 heavy (non-hydrogen) atoms. The number of nitrogens with zero attached hydrogens (tertiary/aromatic N) is 3. The molecule has 1 aliphatic rings. The molecule has 1 N–H and O–H groups in total. The maximum Gasteiger partial charge on any atom is 0.229 e. The first kappa shape index (κ1) is 15.6. The van der Waals surface area contributed by atoms with Gasteiger partial charge < -0.3 is 10.2 Å². The predicted molar refractivity (Wildman–Crippen MR) is 97.6 cm³/mol. The average molecular weight is 334 g/mol. The largest absolute Gasteiger partial charge is 0.352 e. The number of halogens is 1. The molecule has 0 radical (unpaired) electrons. The summed E-state index contributed by atoms with van der Waals surface area (Å²) >= 11 is 0. The molecule has 5 heteroatoms. The molecule has 1 aliphatic heterocycles. The molecule has 0 saturated heterocycles. The van der Waals surface area contributed by atoms with E-state index in [-0.39, 0.29) is 5.82 Å². The van der Waals surface area contributed by atoms with Gasteiger partial charge in [-0.05, 0) is 42.7 Å². The summed E-state index contributed by atoms with van der Waals surface area (Å²) in [6.07, 6.45) is 1.01. The topological polar surface area (TPSA) is 41.1 Å². The number of aromatic nitrogens is 2. The summed E-state index contributed by atoms with van der Waals surface area (Å²) in [7, 11) is 0. The van der Waals surface area contributed by atoms with Gasteiger partial charge in [0.15, 0.2) is 0 Å². The monoisotopic (exact) mass is 334 g/mol. The van der Waals surface area contributed by atoms with E-state index in [0.717, 1.165) is 31.0 Å². The molecule has 0 aliphatic carbocycles. The zero-order valence-electron chi connectivity index (χ0n) is 14.0. The number of fused-ring (bicyclic) bond motifs is 1. The van der Waals surface area contributed by atoms with Gasteiger partial charge in [0.1, 0.15) is 11.6 Å². The summed E-state index contributed by atoms with van der Waals surface area (Å²) in [5.41, 5.74) is 4.26. The van der Waals surface area contributed by atoms with Crippen molar-refractivity contribution < 1.29 is 4.39 Å². The van der Waals surface area contributed by atoms with Crippen LogP contribution >= 0.6 is 0 Å². The third-order valence-corrected chi connectivity index (χ3v) is 4.38. The Balaban J connectivity index is 1.60. The Bertz CT molecular complexity index is 910. The first-order valence-electron chi connectivity index (χ1n) is 8.37. The Morgan fingerprint density at radius 2 is 1.84 bits per heavy atom. The van der Waals surface area contributed by atoms with Crippen molar-refractivity contribution in [2.24, 2.45) is 0 Å². The second kappa shape index (κ2) is 6.51. The van der Waals surface area contributed by atoms with Crippen LogP contribution in [-0.2, 0) is 13.0 Å². The van der Waals surface area contributed by atoms with E-state index in [4.69, 9.17) is 0 Å². The van der Waals surface area contributed by atoms with Crippen LogP contribution in [0.5, 0.6) is 0 Å². The number of anilines is 3. The molecular weight excluding hydrogens is 315 g/mol. The first-order chi connectivity index (χ1) is 12.2. The molecule has 0 unspecified atom stereocenters. The molecule has 0 bridgehead atoms. The summed E-state index contributed by atoms with van der Waals surface area (Å²) in [4.78, 5) is 11.3. The highest BCUT2D eigenvalue weighted by atomic mass is 19.1. The number of rotatable bonds is 3. The summed E-state index contributed by atoms with van der Waals surface area (Å²) < 4.78 is 13.4. The lowest BCUT2D eigenvalue weighted by atomic mass is 10.00. The highest BCUT2D eigenvalue weighted by molar-refractivity contribution is 5.56. The van der Waals surface area contributed by atoms with Gasteiger partial charge in [-0.1, -0.05) is 30.3 Å². The van der Waals surface area contributed by atoms with Crippen LogP contribution in [-0.4, -0.2) is 16.5 Å². The zero-order valence-corrected chi connectivity index (χ0v) is 14.0. The van der Waals surface area contributed by atoms with Crippen molar-refractivity contribution in [3.8, 4) is 0 Å². The van der Waals surface area contributed by atoms with Crippen molar-refractivity contribution in [2.75, 3.05) is 16.8 Å². The van der Waals surface area contributed by atoms with Gasteiger partial charge in [0.05, 0.1) is 0 Å². The molecule has 2 heterocycles. The minimum absolute atomic E-state index is 0.287. The minimum atomic E-state index is -0.287. The Labute approximate surface area is 146 Å². The summed E-state index contributed by atoms with van der Waals surface area (Å²) in [6, 6.07) is 16.8. The number of nitrogens with one attached hydrogen (secondary N) is 1. The van der Waals surface area contributed by atoms with E-state index in [2.05, 4.69) is 44.5 Å². The van der Waals surface area contributed by atoms with E-state index in [1.54, 1.807) is 12.1 Å². The molecule has 126 valence electrons. The SMILES string of the molecule is Cc1cc(N2CCc3ccccc3C2)nc(Nc2cccc(F)c2)n1. The number of aryl methyl sites for hydroxylation is 1. The van der Waals surface area contributed by atoms with Crippen LogP contribution in [0.2, 0.25) is 0 Å². The van der Waals surface area contributed by atoms with Crippen molar-refractivity contribution in [1.29, 1.82) is 0 Å². The van der Waals surface area contributed by atoms with Crippen molar-refractivity contribution in [3.63, 3.8) is 0 Å². The van der Waals surface area contributed by atoms with Gasteiger partial charge in [-0.2, -0.15) is 4.98 Å². The maximum atomic E-state index is 13.4. The standard InChI is InChI=1S/C20H19FN4/c1-14-11-19(25-10-9-15-5-2-3-6-16(15)13-25)24-20(22-14)23-18-8-4-7-17(21)12-18/h2-8,11-12H,9-10,13H2,1H3,(H,22,23,24). The van der Waals surface area contributed by atoms with E-state index in [9.17, 15) is 4.39 Å². The maximum absolute atomic E-state index is 13.4. The van der Waals surface area contributed by atoms with Gasteiger partial charge in [-0.25, -0.2) is 9.37 Å². The van der Waals surface area contributed by atoms with Crippen molar-refractivity contribution in [2.45, 2.75) is 19.9 Å². The van der Waals surface area contributed by atoms with E-state index < -0.39 is 0 Å². The molecule has 0 atom stereocenters. The van der Waals surface area contributed by atoms with Crippen molar-refractivity contribution >= 4 is 17.5 Å². The Kier molecular flexibility index (Phi) is 4.06. The number of hydrogen-bond donors (Lipinski definition) is 1. The molecule has 0 fully saturated rings. The average Bonchev–Trinajstić information content (AvgIpc) is 2.61. The Hall–Kier alpha value is -2.95. The summed E-state index contributed by atoms with van der Waals surface area (Å²) in [5.74, 6) is 1.09. The minimum Gasteiger partial charge on any atom is -0.352 e. The van der Waals surface area contributed by atoms with Crippen LogP contribution in [0.3, 0.4) is 0 Å². The quantitative estimate of drug-likeness (QED) is 0.778. The second-order valence-corrected chi connectivity index (χ2v) is 6.27. The van der Waals surface area contributed by atoms with Crippen LogP contribution in [0.15, 0.2) is 54.6 Å². The Morgan fingerprint density at radius 1 is 1.00 bits per heavy atom. The summed E-state index contributed by atoms with van der Waals surface area (Å²) in [5, 5.41) is 3.10. The fourth-order valence-corrected chi connectivity index (χ4v) is 3.16. The van der Waals surface area contributed by atoms with Gasteiger partial charge in [0.2, 0.25) is 5.95 Å². The van der Waals surface area contributed by atoms with Gasteiger partial charge in [-0.3, -0.25) is 0 Å². The molecule has 4 nitrogen and oxygen atoms in total. The molecule has 3 aromatic rings. The van der Waals surface area contributed by atoms with Crippen LogP contribution in [0.1, 0.15) is 16.8 Å². The smallest absolute Gasteiger partial charge is 0.229 e. The zero-order chi connectivity index (χ0) is 17.2. The molecule has 0 amide bonds. The number of benzene rings is 2. The molecule has 0 saturated carbocycles. The van der Waals surface area contributed by atoms with E-state index >= 15 is 0 Å². The lowest BCUT2D eigenvalue weighted by Crippen LogP contribution is -2.31. The van der Waals surface area contributed by atoms with Crippen LogP contribution in [0, 0.1) is 12.7 Å². The van der Waals surface area contributed by atoms with Gasteiger partial charge in [0.25, 0.3) is 0 Å². The van der Waals surface area contributed by atoms with Crippen LogP contribution in [0.4, 0.5) is 21.8 Å². The van der Waals surface area contributed by atoms with Gasteiger partial charge >= 0.3 is 0 Å². The van der Waals surface area contributed by atoms with E-state index in [1.807, 2.05) is 13.0 Å². The Morgan fingerprint density at radius 3 is 2.68 bits per heavy atom. The third-order valence-electron chi connectivity index (χ3n) is 4.38. The lowest BCUT2D eigenvalue weighted by Gasteiger charge is -2.30. The van der Waals surface area contributed by atoms with Crippen molar-refractivity contribution in [1.82, 2.24) is 9.97 Å². The predicted octanol–water partition coefficient (Wildman–Crippen LogP) is 4.23.